The highest BCUT2D eigenvalue weighted by Crippen LogP contribution is 2.29. The summed E-state index contributed by atoms with van der Waals surface area (Å²) in [7, 11) is 1.56. The van der Waals surface area contributed by atoms with E-state index in [1.54, 1.807) is 31.4 Å². The van der Waals surface area contributed by atoms with E-state index in [4.69, 9.17) is 26.8 Å². The van der Waals surface area contributed by atoms with Gasteiger partial charge in [0.15, 0.2) is 11.5 Å². The number of nitrogens with zero attached hydrogens (tertiary/aromatic N) is 1. The third-order valence-electron chi connectivity index (χ3n) is 2.92. The van der Waals surface area contributed by atoms with Crippen LogP contribution in [-0.4, -0.2) is 19.4 Å². The second-order valence-corrected chi connectivity index (χ2v) is 4.93. The zero-order valence-corrected chi connectivity index (χ0v) is 13.2. The van der Waals surface area contributed by atoms with Crippen molar-refractivity contribution in [2.45, 2.75) is 6.61 Å². The summed E-state index contributed by atoms with van der Waals surface area (Å²) in [6, 6.07) is 12.0. The van der Waals surface area contributed by atoms with Crippen LogP contribution in [0.3, 0.4) is 0 Å². The Labute approximate surface area is 138 Å². The van der Waals surface area contributed by atoms with Gasteiger partial charge in [-0.25, -0.2) is 10.2 Å². The fraction of sp³-hybridized carbons (Fsp3) is 0.125. The molecule has 7 heteroatoms. The van der Waals surface area contributed by atoms with E-state index in [0.29, 0.717) is 28.7 Å². The van der Waals surface area contributed by atoms with Crippen LogP contribution in [0.25, 0.3) is 0 Å². The molecule has 0 fully saturated rings. The summed E-state index contributed by atoms with van der Waals surface area (Å²) in [5.41, 5.74) is 8.65. The monoisotopic (exact) mass is 333 g/mol. The summed E-state index contributed by atoms with van der Waals surface area (Å²) in [6.07, 6.45) is 1.45. The van der Waals surface area contributed by atoms with Gasteiger partial charge in [0.25, 0.3) is 0 Å². The molecule has 0 unspecified atom stereocenters. The summed E-state index contributed by atoms with van der Waals surface area (Å²) >= 11 is 6.11. The predicted octanol–water partition coefficient (Wildman–Crippen LogP) is 2.93. The number of halogens is 1. The second kappa shape index (κ2) is 8.05. The number of rotatable bonds is 6. The van der Waals surface area contributed by atoms with Crippen LogP contribution >= 0.6 is 11.6 Å². The number of hydrogen-bond donors (Lipinski definition) is 2. The lowest BCUT2D eigenvalue weighted by Gasteiger charge is -2.12. The molecule has 3 N–H and O–H groups in total. The van der Waals surface area contributed by atoms with Crippen LogP contribution in [-0.2, 0) is 6.61 Å². The minimum absolute atomic E-state index is 0.302. The maximum absolute atomic E-state index is 10.6. The molecule has 0 aliphatic rings. The number of amides is 2. The number of urea groups is 1. The first kappa shape index (κ1) is 16.6. The molecule has 0 aliphatic heterocycles. The Kier molecular flexibility index (Phi) is 5.82. The summed E-state index contributed by atoms with van der Waals surface area (Å²) < 4.78 is 11.0. The van der Waals surface area contributed by atoms with Crippen molar-refractivity contribution in [3.8, 4) is 11.5 Å². The van der Waals surface area contributed by atoms with Crippen LogP contribution in [0.15, 0.2) is 47.6 Å². The molecule has 23 heavy (non-hydrogen) atoms. The maximum atomic E-state index is 10.6. The van der Waals surface area contributed by atoms with Gasteiger partial charge in [0.05, 0.1) is 13.3 Å². The molecular formula is C16H16ClN3O3. The highest BCUT2D eigenvalue weighted by atomic mass is 35.5. The van der Waals surface area contributed by atoms with Gasteiger partial charge in [-0.2, -0.15) is 5.10 Å². The SMILES string of the molecule is COc1ccc(/C=N/NC(N)=O)cc1OCc1ccccc1Cl. The minimum atomic E-state index is -0.732. The molecule has 0 aliphatic carbocycles. The molecule has 2 aromatic carbocycles. The Bertz CT molecular complexity index is 719. The second-order valence-electron chi connectivity index (χ2n) is 4.52. The molecule has 0 spiro atoms. The number of hydrogen-bond acceptors (Lipinski definition) is 4. The van der Waals surface area contributed by atoms with E-state index in [1.807, 2.05) is 18.2 Å². The lowest BCUT2D eigenvalue weighted by Crippen LogP contribution is -2.24. The van der Waals surface area contributed by atoms with Crippen molar-refractivity contribution in [2.24, 2.45) is 10.8 Å². The number of primary amides is 1. The normalized spacial score (nSPS) is 10.5. The fourth-order valence-electron chi connectivity index (χ4n) is 1.83. The largest absolute Gasteiger partial charge is 0.493 e. The first-order valence-corrected chi connectivity index (χ1v) is 7.10. The van der Waals surface area contributed by atoms with Gasteiger partial charge in [-0.1, -0.05) is 29.8 Å². The number of nitrogens with one attached hydrogen (secondary N) is 1. The zero-order chi connectivity index (χ0) is 16.7. The van der Waals surface area contributed by atoms with Crippen molar-refractivity contribution < 1.29 is 14.3 Å². The highest BCUT2D eigenvalue weighted by Gasteiger charge is 2.07. The Morgan fingerprint density at radius 1 is 1.30 bits per heavy atom. The Morgan fingerprint density at radius 2 is 2.09 bits per heavy atom. The molecule has 0 radical (unpaired) electrons. The first-order valence-electron chi connectivity index (χ1n) is 6.73. The summed E-state index contributed by atoms with van der Waals surface area (Å²) in [4.78, 5) is 10.6. The van der Waals surface area contributed by atoms with Crippen LogP contribution < -0.4 is 20.6 Å². The van der Waals surface area contributed by atoms with E-state index < -0.39 is 6.03 Å². The average molecular weight is 334 g/mol. The molecule has 0 saturated heterocycles. The Balaban J connectivity index is 2.14. The van der Waals surface area contributed by atoms with Crippen LogP contribution in [0, 0.1) is 0 Å². The number of hydrazone groups is 1. The van der Waals surface area contributed by atoms with Gasteiger partial charge in [0, 0.05) is 10.6 Å². The van der Waals surface area contributed by atoms with Gasteiger partial charge in [-0.05, 0) is 29.8 Å². The quantitative estimate of drug-likeness (QED) is 0.629. The highest BCUT2D eigenvalue weighted by molar-refractivity contribution is 6.31. The minimum Gasteiger partial charge on any atom is -0.493 e. The molecule has 0 heterocycles. The van der Waals surface area contributed by atoms with E-state index in [9.17, 15) is 4.79 Å². The average Bonchev–Trinajstić information content (AvgIpc) is 2.54. The molecule has 0 atom stereocenters. The van der Waals surface area contributed by atoms with Crippen LogP contribution in [0.4, 0.5) is 4.79 Å². The van der Waals surface area contributed by atoms with Crippen molar-refractivity contribution in [3.63, 3.8) is 0 Å². The van der Waals surface area contributed by atoms with Gasteiger partial charge >= 0.3 is 6.03 Å². The molecule has 0 aromatic heterocycles. The third kappa shape index (κ3) is 4.89. The van der Waals surface area contributed by atoms with Crippen molar-refractivity contribution in [1.82, 2.24) is 5.43 Å². The summed E-state index contributed by atoms with van der Waals surface area (Å²) in [5.74, 6) is 1.12. The summed E-state index contributed by atoms with van der Waals surface area (Å²) in [5, 5.41) is 4.34. The van der Waals surface area contributed by atoms with Crippen LogP contribution in [0.5, 0.6) is 11.5 Å². The van der Waals surface area contributed by atoms with E-state index in [1.165, 1.54) is 6.21 Å². The smallest absolute Gasteiger partial charge is 0.332 e. The van der Waals surface area contributed by atoms with E-state index in [2.05, 4.69) is 10.5 Å². The van der Waals surface area contributed by atoms with Gasteiger partial charge in [-0.3, -0.25) is 0 Å². The summed E-state index contributed by atoms with van der Waals surface area (Å²) in [6.45, 7) is 0.302. The van der Waals surface area contributed by atoms with Gasteiger partial charge in [0.1, 0.15) is 6.61 Å². The van der Waals surface area contributed by atoms with Crippen molar-refractivity contribution in [1.29, 1.82) is 0 Å². The first-order chi connectivity index (χ1) is 11.1. The molecule has 0 bridgehead atoms. The number of methoxy groups -OCH3 is 1. The van der Waals surface area contributed by atoms with Crippen molar-refractivity contribution in [3.05, 3.63) is 58.6 Å². The molecular weight excluding hydrogens is 318 g/mol. The number of benzene rings is 2. The van der Waals surface area contributed by atoms with Gasteiger partial charge < -0.3 is 15.2 Å². The van der Waals surface area contributed by atoms with E-state index in [0.717, 1.165) is 5.56 Å². The molecule has 6 nitrogen and oxygen atoms in total. The fourth-order valence-corrected chi connectivity index (χ4v) is 2.02. The molecule has 0 saturated carbocycles. The van der Waals surface area contributed by atoms with Crippen LogP contribution in [0.2, 0.25) is 5.02 Å². The number of carbonyl (C=O) groups excluding carboxylic acids is 1. The number of ether oxygens (including phenoxy) is 2. The Hall–Kier alpha value is -2.73. The number of nitrogens with two attached hydrogens (primary N) is 1. The maximum Gasteiger partial charge on any atom is 0.332 e. The Morgan fingerprint density at radius 3 is 2.78 bits per heavy atom. The predicted molar refractivity (Wildman–Crippen MR) is 89.1 cm³/mol. The molecule has 2 aromatic rings. The molecule has 2 rings (SSSR count). The van der Waals surface area contributed by atoms with Crippen molar-refractivity contribution in [2.75, 3.05) is 7.11 Å². The zero-order valence-electron chi connectivity index (χ0n) is 12.5. The van der Waals surface area contributed by atoms with Crippen LogP contribution in [0.1, 0.15) is 11.1 Å². The van der Waals surface area contributed by atoms with Crippen molar-refractivity contribution >= 4 is 23.8 Å². The lowest BCUT2D eigenvalue weighted by atomic mass is 10.2. The third-order valence-corrected chi connectivity index (χ3v) is 3.29. The lowest BCUT2D eigenvalue weighted by molar-refractivity contribution is 0.249. The standard InChI is InChI=1S/C16H16ClN3O3/c1-22-14-7-6-11(9-19-20-16(18)21)8-15(14)23-10-12-4-2-3-5-13(12)17/h2-9H,10H2,1H3,(H3,18,20,21)/b19-9+. The molecule has 2 amide bonds. The van der Waals surface area contributed by atoms with Gasteiger partial charge in [-0.15, -0.1) is 0 Å². The van der Waals surface area contributed by atoms with E-state index >= 15 is 0 Å². The van der Waals surface area contributed by atoms with Gasteiger partial charge in [0.2, 0.25) is 0 Å². The topological polar surface area (TPSA) is 85.9 Å². The number of carbonyl (C=O) groups is 1. The molecule has 120 valence electrons. The van der Waals surface area contributed by atoms with E-state index in [-0.39, 0.29) is 0 Å².